The number of halogens is 1. The van der Waals surface area contributed by atoms with Crippen molar-refractivity contribution in [1.82, 2.24) is 9.97 Å². The van der Waals surface area contributed by atoms with Crippen LogP contribution >= 0.6 is 15.9 Å². The monoisotopic (exact) mass is 411 g/mol. The molecule has 0 saturated carbocycles. The van der Waals surface area contributed by atoms with Gasteiger partial charge in [-0.2, -0.15) is 5.26 Å². The van der Waals surface area contributed by atoms with Crippen LogP contribution in [0.1, 0.15) is 17.0 Å². The average Bonchev–Trinajstić information content (AvgIpc) is 3.01. The van der Waals surface area contributed by atoms with Crippen LogP contribution < -0.4 is 4.74 Å². The van der Waals surface area contributed by atoms with Gasteiger partial charge in [-0.05, 0) is 48.9 Å². The van der Waals surface area contributed by atoms with Gasteiger partial charge in [0.25, 0.3) is 0 Å². The van der Waals surface area contributed by atoms with Crippen LogP contribution in [0.25, 0.3) is 22.7 Å². The Morgan fingerprint density at radius 2 is 2.19 bits per heavy atom. The number of aryl methyl sites for hydroxylation is 1. The molecule has 26 heavy (non-hydrogen) atoms. The number of aromatic nitrogens is 2. The number of nitrogens with zero attached hydrogens (tertiary/aromatic N) is 2. The quantitative estimate of drug-likeness (QED) is 0.613. The predicted molar refractivity (Wildman–Crippen MR) is 102 cm³/mol. The van der Waals surface area contributed by atoms with Gasteiger partial charge in [-0.1, -0.05) is 22.0 Å². The zero-order valence-electron chi connectivity index (χ0n) is 13.8. The highest BCUT2D eigenvalue weighted by atomic mass is 79.9. The highest BCUT2D eigenvalue weighted by molar-refractivity contribution is 9.10. The Bertz CT molecular complexity index is 1060. The molecule has 0 radical (unpaired) electrons. The van der Waals surface area contributed by atoms with Gasteiger partial charge in [-0.3, -0.25) is 0 Å². The first-order chi connectivity index (χ1) is 12.5. The molecule has 7 heteroatoms. The molecule has 0 atom stereocenters. The maximum atomic E-state index is 10.8. The minimum absolute atomic E-state index is 0.317. The summed E-state index contributed by atoms with van der Waals surface area (Å²) in [5.41, 5.74) is 3.60. The number of carboxylic acids is 1. The van der Waals surface area contributed by atoms with Crippen molar-refractivity contribution < 1.29 is 14.6 Å². The normalized spacial score (nSPS) is 11.3. The van der Waals surface area contributed by atoms with Gasteiger partial charge in [0.2, 0.25) is 0 Å². The second-order valence-corrected chi connectivity index (χ2v) is 6.56. The van der Waals surface area contributed by atoms with Crippen molar-refractivity contribution in [3.63, 3.8) is 0 Å². The van der Waals surface area contributed by atoms with Crippen LogP contribution in [0.4, 0.5) is 0 Å². The van der Waals surface area contributed by atoms with E-state index in [1.165, 1.54) is 0 Å². The zero-order chi connectivity index (χ0) is 18.7. The molecular weight excluding hydrogens is 398 g/mol. The van der Waals surface area contributed by atoms with Gasteiger partial charge in [0.15, 0.2) is 6.61 Å². The number of carbonyl (C=O) groups is 1. The number of H-pyrrole nitrogens is 1. The summed E-state index contributed by atoms with van der Waals surface area (Å²) in [5, 5.41) is 18.4. The molecule has 0 fully saturated rings. The number of aliphatic carboxylic acids is 1. The third-order valence-corrected chi connectivity index (χ3v) is 4.13. The molecule has 0 spiro atoms. The van der Waals surface area contributed by atoms with Gasteiger partial charge in [0.05, 0.1) is 16.6 Å². The number of rotatable bonds is 5. The highest BCUT2D eigenvalue weighted by Crippen LogP contribution is 2.28. The van der Waals surface area contributed by atoms with Gasteiger partial charge in [-0.15, -0.1) is 0 Å². The van der Waals surface area contributed by atoms with Crippen molar-refractivity contribution in [2.24, 2.45) is 0 Å². The van der Waals surface area contributed by atoms with E-state index >= 15 is 0 Å². The Hall–Kier alpha value is -3.11. The standard InChI is InChI=1S/C19H14BrN3O3/c1-11-2-4-15-16(6-11)23-19(22-15)13(9-21)7-12-8-14(20)3-5-17(12)26-10-18(24)25/h2-8H,10H2,1H3,(H,22,23)(H,24,25). The lowest BCUT2D eigenvalue weighted by Crippen LogP contribution is -2.10. The number of ether oxygens (including phenoxy) is 1. The van der Waals surface area contributed by atoms with E-state index in [-0.39, 0.29) is 0 Å². The molecule has 0 amide bonds. The summed E-state index contributed by atoms with van der Waals surface area (Å²) in [5.74, 6) is -0.261. The third-order valence-electron chi connectivity index (χ3n) is 3.64. The minimum Gasteiger partial charge on any atom is -0.481 e. The van der Waals surface area contributed by atoms with Crippen molar-refractivity contribution in [2.45, 2.75) is 6.92 Å². The lowest BCUT2D eigenvalue weighted by Gasteiger charge is -2.08. The number of hydrogen-bond donors (Lipinski definition) is 2. The van der Waals surface area contributed by atoms with Gasteiger partial charge >= 0.3 is 5.97 Å². The van der Waals surface area contributed by atoms with E-state index in [0.717, 1.165) is 21.1 Å². The molecule has 0 saturated heterocycles. The van der Waals surface area contributed by atoms with Crippen LogP contribution in [0.5, 0.6) is 5.75 Å². The number of hydrogen-bond acceptors (Lipinski definition) is 4. The Labute approximate surface area is 157 Å². The minimum atomic E-state index is -1.07. The second-order valence-electron chi connectivity index (χ2n) is 5.64. The van der Waals surface area contributed by atoms with E-state index in [1.807, 2.05) is 25.1 Å². The van der Waals surface area contributed by atoms with E-state index in [0.29, 0.717) is 22.7 Å². The summed E-state index contributed by atoms with van der Waals surface area (Å²) in [6, 6.07) is 13.1. The summed E-state index contributed by atoms with van der Waals surface area (Å²) >= 11 is 3.37. The summed E-state index contributed by atoms with van der Waals surface area (Å²) in [4.78, 5) is 18.4. The lowest BCUT2D eigenvalue weighted by molar-refractivity contribution is -0.139. The number of fused-ring (bicyclic) bond motifs is 1. The van der Waals surface area contributed by atoms with Crippen LogP contribution in [-0.2, 0) is 4.79 Å². The summed E-state index contributed by atoms with van der Waals surface area (Å²) < 4.78 is 6.09. The van der Waals surface area contributed by atoms with E-state index in [1.54, 1.807) is 24.3 Å². The van der Waals surface area contributed by atoms with Crippen molar-refractivity contribution in [3.05, 3.63) is 57.8 Å². The summed E-state index contributed by atoms with van der Waals surface area (Å²) in [7, 11) is 0. The number of aromatic amines is 1. The van der Waals surface area contributed by atoms with E-state index in [2.05, 4.69) is 32.0 Å². The zero-order valence-corrected chi connectivity index (χ0v) is 15.4. The smallest absolute Gasteiger partial charge is 0.341 e. The molecule has 0 unspecified atom stereocenters. The number of benzene rings is 2. The Balaban J connectivity index is 2.04. The molecule has 3 aromatic rings. The van der Waals surface area contributed by atoms with E-state index in [4.69, 9.17) is 9.84 Å². The maximum absolute atomic E-state index is 10.8. The number of nitrogens with one attached hydrogen (secondary N) is 1. The van der Waals surface area contributed by atoms with Crippen LogP contribution in [0.3, 0.4) is 0 Å². The molecule has 1 heterocycles. The van der Waals surface area contributed by atoms with Crippen LogP contribution in [0, 0.1) is 18.3 Å². The SMILES string of the molecule is Cc1ccc2nc(C(C#N)=Cc3cc(Br)ccc3OCC(=O)O)[nH]c2c1. The molecule has 2 N–H and O–H groups in total. The highest BCUT2D eigenvalue weighted by Gasteiger charge is 2.11. The maximum Gasteiger partial charge on any atom is 0.341 e. The van der Waals surface area contributed by atoms with Crippen molar-refractivity contribution in [3.8, 4) is 11.8 Å². The van der Waals surface area contributed by atoms with Crippen LogP contribution in [0.2, 0.25) is 0 Å². The number of allylic oxidation sites excluding steroid dienone is 1. The molecule has 1 aromatic heterocycles. The van der Waals surface area contributed by atoms with E-state index < -0.39 is 12.6 Å². The van der Waals surface area contributed by atoms with Crippen LogP contribution in [0.15, 0.2) is 40.9 Å². The van der Waals surface area contributed by atoms with Gasteiger partial charge in [0.1, 0.15) is 17.6 Å². The second kappa shape index (κ2) is 7.42. The van der Waals surface area contributed by atoms with Crippen molar-refractivity contribution >= 4 is 44.6 Å². The molecular formula is C19H14BrN3O3. The topological polar surface area (TPSA) is 99.0 Å². The fourth-order valence-electron chi connectivity index (χ4n) is 2.46. The van der Waals surface area contributed by atoms with Crippen molar-refractivity contribution in [1.29, 1.82) is 5.26 Å². The molecule has 3 rings (SSSR count). The molecule has 6 nitrogen and oxygen atoms in total. The van der Waals surface area contributed by atoms with Gasteiger partial charge in [0, 0.05) is 10.0 Å². The third kappa shape index (κ3) is 3.92. The number of carboxylic acid groups (broad SMARTS) is 1. The lowest BCUT2D eigenvalue weighted by atomic mass is 10.1. The molecule has 0 aliphatic rings. The molecule has 0 bridgehead atoms. The average molecular weight is 412 g/mol. The summed E-state index contributed by atoms with van der Waals surface area (Å²) in [6.07, 6.45) is 1.62. The van der Waals surface area contributed by atoms with Crippen LogP contribution in [-0.4, -0.2) is 27.7 Å². The molecule has 130 valence electrons. The first-order valence-electron chi connectivity index (χ1n) is 7.69. The largest absolute Gasteiger partial charge is 0.481 e. The Morgan fingerprint density at radius 3 is 2.92 bits per heavy atom. The Kier molecular flexibility index (Phi) is 5.05. The first kappa shape index (κ1) is 17.7. The fraction of sp³-hybridized carbons (Fsp3) is 0.105. The number of imidazole rings is 1. The summed E-state index contributed by atoms with van der Waals surface area (Å²) in [6.45, 7) is 1.52. The predicted octanol–water partition coefficient (Wildman–Crippen LogP) is 4.16. The van der Waals surface area contributed by atoms with E-state index in [9.17, 15) is 10.1 Å². The molecule has 0 aliphatic carbocycles. The fourth-order valence-corrected chi connectivity index (χ4v) is 2.84. The molecule has 0 aliphatic heterocycles. The molecule has 2 aromatic carbocycles. The number of nitriles is 1. The van der Waals surface area contributed by atoms with Crippen molar-refractivity contribution in [2.75, 3.05) is 6.61 Å². The first-order valence-corrected chi connectivity index (χ1v) is 8.48. The Morgan fingerprint density at radius 1 is 1.38 bits per heavy atom. The van der Waals surface area contributed by atoms with Gasteiger partial charge < -0.3 is 14.8 Å². The van der Waals surface area contributed by atoms with Gasteiger partial charge in [-0.25, -0.2) is 9.78 Å².